The topological polar surface area (TPSA) is 40.1 Å². The van der Waals surface area contributed by atoms with Gasteiger partial charge in [0, 0.05) is 0 Å². The molecule has 0 atom stereocenters. The molecule has 0 aliphatic carbocycles. The van der Waals surface area contributed by atoms with E-state index in [2.05, 4.69) is 0 Å². The normalized spacial score (nSPS) is 7.88. The van der Waals surface area contributed by atoms with Gasteiger partial charge < -0.3 is 5.11 Å². The quantitative estimate of drug-likeness (QED) is 0.409. The van der Waals surface area contributed by atoms with Crippen molar-refractivity contribution in [2.75, 3.05) is 0 Å². The molecule has 0 fully saturated rings. The van der Waals surface area contributed by atoms with Gasteiger partial charge in [-0.15, -0.1) is 6.10 Å². The maximum absolute atomic E-state index is 9.53. The van der Waals surface area contributed by atoms with Crippen molar-refractivity contribution in [1.82, 2.24) is 0 Å². The van der Waals surface area contributed by atoms with Crippen LogP contribution in [0.5, 0.6) is 0 Å². The van der Waals surface area contributed by atoms with Crippen LogP contribution in [-0.2, 0) is 4.79 Å². The molecule has 0 rings (SSSR count). The molecule has 2 nitrogen and oxygen atoms in total. The summed E-state index contributed by atoms with van der Waals surface area (Å²) in [6, 6.07) is 0. The van der Waals surface area contributed by atoms with E-state index >= 15 is 0 Å². The molecule has 0 saturated heterocycles. The molecule has 0 aromatic rings. The monoisotopic (exact) mass is 126 g/mol. The Hall–Kier alpha value is 0.396. The van der Waals surface area contributed by atoms with E-state index in [9.17, 15) is 9.90 Å². The first-order valence-corrected chi connectivity index (χ1v) is 3.16. The molecule has 8 heavy (non-hydrogen) atoms. The van der Waals surface area contributed by atoms with Gasteiger partial charge in [0.2, 0.25) is 0 Å². The molecular weight excluding hydrogens is 116 g/mol. The van der Waals surface area contributed by atoms with E-state index in [0.29, 0.717) is 0 Å². The molecule has 0 aromatic heterocycles. The summed E-state index contributed by atoms with van der Waals surface area (Å²) < 4.78 is 0.194. The third-order valence-electron chi connectivity index (χ3n) is 0. The van der Waals surface area contributed by atoms with Crippen LogP contribution in [0, 0.1) is 0 Å². The predicted molar refractivity (Wildman–Crippen MR) is 31.6 cm³/mol. The standard InChI is InChI=1S/C3H7O.C2H3O.Mg/c1-3(2)4;1-2-3;/h3H,1-2H3;1H3;/q-1;;+1. The minimum atomic E-state index is -0.417. The molecule has 0 radical (unpaired) electrons. The molecule has 3 heteroatoms. The van der Waals surface area contributed by atoms with Crippen LogP contribution in [0.2, 0.25) is 0 Å². The van der Waals surface area contributed by atoms with Crippen molar-refractivity contribution >= 4 is 25.6 Å². The van der Waals surface area contributed by atoms with Gasteiger partial charge >= 0.3 is 37.3 Å². The fourth-order valence-electron chi connectivity index (χ4n) is 0. The van der Waals surface area contributed by atoms with E-state index in [-0.39, 0.29) is 3.91 Å². The van der Waals surface area contributed by atoms with Gasteiger partial charge in [0.25, 0.3) is 0 Å². The molecular formula is C5H10MgO2. The molecule has 44 valence electrons. The zero-order chi connectivity index (χ0) is 7.15. The van der Waals surface area contributed by atoms with Gasteiger partial charge in [-0.3, -0.25) is 0 Å². The molecule has 0 N–H and O–H groups in total. The maximum atomic E-state index is 9.53. The molecule has 0 aliphatic heterocycles. The summed E-state index contributed by atoms with van der Waals surface area (Å²) in [7, 11) is 0. The zero-order valence-corrected chi connectivity index (χ0v) is 7.02. The molecule has 0 saturated carbocycles. The summed E-state index contributed by atoms with van der Waals surface area (Å²) in [5, 5.41) is 9.53. The average Bonchev–Trinajstić information content (AvgIpc) is 1.25. The Labute approximate surface area is 62.7 Å². The van der Waals surface area contributed by atoms with Gasteiger partial charge in [0.05, 0.1) is 0 Å². The fourth-order valence-corrected chi connectivity index (χ4v) is 0. The van der Waals surface area contributed by atoms with E-state index < -0.39 is 6.10 Å². The summed E-state index contributed by atoms with van der Waals surface area (Å²) in [6.07, 6.45) is -0.417. The number of rotatable bonds is 0. The average molecular weight is 126 g/mol. The van der Waals surface area contributed by atoms with Crippen LogP contribution in [0.15, 0.2) is 0 Å². The number of hydrogen-bond acceptors (Lipinski definition) is 2. The summed E-state index contributed by atoms with van der Waals surface area (Å²) in [4.78, 5) is 9.46. The van der Waals surface area contributed by atoms with Crippen molar-refractivity contribution in [2.24, 2.45) is 0 Å². The fraction of sp³-hybridized carbons (Fsp3) is 0.800. The van der Waals surface area contributed by atoms with E-state index in [1.165, 1.54) is 21.7 Å². The van der Waals surface area contributed by atoms with Gasteiger partial charge in [0.1, 0.15) is 0 Å². The summed E-state index contributed by atoms with van der Waals surface area (Å²) >= 11 is 1.36. The number of carbonyl (C=O) groups is 1. The van der Waals surface area contributed by atoms with Crippen LogP contribution in [0.3, 0.4) is 0 Å². The molecule has 0 spiro atoms. The molecule has 0 unspecified atom stereocenters. The number of carbonyl (C=O) groups excluding carboxylic acids is 1. The zero-order valence-electron chi connectivity index (χ0n) is 5.60. The Kier molecular flexibility index (Phi) is 10.4. The van der Waals surface area contributed by atoms with Crippen molar-refractivity contribution in [3.8, 4) is 0 Å². The predicted octanol–water partition coefficient (Wildman–Crippen LogP) is -0.544. The van der Waals surface area contributed by atoms with Crippen LogP contribution < -0.4 is 5.11 Å². The molecule has 0 heterocycles. The van der Waals surface area contributed by atoms with Gasteiger partial charge in [-0.1, -0.05) is 13.8 Å². The molecule has 0 aliphatic rings. The van der Waals surface area contributed by atoms with E-state index in [1.54, 1.807) is 20.8 Å². The first-order chi connectivity index (χ1) is 3.46. The van der Waals surface area contributed by atoms with Crippen LogP contribution in [-0.4, -0.2) is 31.7 Å². The summed E-state index contributed by atoms with van der Waals surface area (Å²) in [6.45, 7) is 4.76. The Balaban J connectivity index is 0. The van der Waals surface area contributed by atoms with Crippen LogP contribution >= 0.6 is 0 Å². The minimum absolute atomic E-state index is 0.194. The van der Waals surface area contributed by atoms with Crippen LogP contribution in [0.4, 0.5) is 0 Å². The second kappa shape index (κ2) is 7.40. The van der Waals surface area contributed by atoms with Crippen molar-refractivity contribution in [1.29, 1.82) is 0 Å². The van der Waals surface area contributed by atoms with Gasteiger partial charge in [-0.2, -0.15) is 0 Å². The molecule has 0 aromatic carbocycles. The Bertz CT molecular complexity index is 54.7. The van der Waals surface area contributed by atoms with Crippen molar-refractivity contribution in [3.63, 3.8) is 0 Å². The third kappa shape index (κ3) is 1190. The second-order valence-corrected chi connectivity index (χ2v) is 2.75. The Morgan fingerprint density at radius 3 is 1.62 bits per heavy atom. The Morgan fingerprint density at radius 2 is 1.62 bits per heavy atom. The SMILES string of the molecule is CC(C)[O-].C[C](=O)[Mg+]. The molecule has 0 bridgehead atoms. The second-order valence-electron chi connectivity index (χ2n) is 1.75. The summed E-state index contributed by atoms with van der Waals surface area (Å²) in [5.74, 6) is 0. The van der Waals surface area contributed by atoms with Gasteiger partial charge in [-0.05, 0) is 0 Å². The van der Waals surface area contributed by atoms with Gasteiger partial charge in [0.15, 0.2) is 0 Å². The van der Waals surface area contributed by atoms with E-state index in [4.69, 9.17) is 0 Å². The van der Waals surface area contributed by atoms with Crippen molar-refractivity contribution in [2.45, 2.75) is 26.9 Å². The molecule has 0 amide bonds. The number of hydrogen-bond donors (Lipinski definition) is 0. The van der Waals surface area contributed by atoms with Crippen molar-refractivity contribution in [3.05, 3.63) is 0 Å². The van der Waals surface area contributed by atoms with Crippen molar-refractivity contribution < 1.29 is 9.90 Å². The first-order valence-electron chi connectivity index (χ1n) is 2.45. The Morgan fingerprint density at radius 1 is 1.62 bits per heavy atom. The third-order valence-corrected chi connectivity index (χ3v) is 0. The summed E-state index contributed by atoms with van der Waals surface area (Å²) in [5.41, 5.74) is 0. The van der Waals surface area contributed by atoms with Crippen LogP contribution in [0.25, 0.3) is 0 Å². The van der Waals surface area contributed by atoms with E-state index in [0.717, 1.165) is 0 Å². The van der Waals surface area contributed by atoms with Crippen LogP contribution in [0.1, 0.15) is 20.8 Å². The first kappa shape index (κ1) is 11.2. The van der Waals surface area contributed by atoms with Gasteiger partial charge in [-0.25, -0.2) is 0 Å². The van der Waals surface area contributed by atoms with E-state index in [1.807, 2.05) is 0 Å².